The lowest BCUT2D eigenvalue weighted by Gasteiger charge is -2.13. The van der Waals surface area contributed by atoms with Crippen LogP contribution < -0.4 is 10.2 Å². The summed E-state index contributed by atoms with van der Waals surface area (Å²) >= 11 is 0. The molecule has 0 bridgehead atoms. The SMILES string of the molecule is Cc1ccc(Cn2ncc3ccc(C(=O)NCc4ccc(N(C)C)cc4)cc32)cc1. The van der Waals surface area contributed by atoms with Gasteiger partial charge in [-0.15, -0.1) is 0 Å². The van der Waals surface area contributed by atoms with E-state index in [1.54, 1.807) is 0 Å². The molecule has 4 aromatic rings. The van der Waals surface area contributed by atoms with Crippen LogP contribution >= 0.6 is 0 Å². The molecule has 0 fully saturated rings. The van der Waals surface area contributed by atoms with Gasteiger partial charge in [-0.1, -0.05) is 48.0 Å². The summed E-state index contributed by atoms with van der Waals surface area (Å²) in [6, 6.07) is 22.3. The standard InChI is InChI=1S/C25H26N4O/c1-18-4-6-20(7-5-18)17-29-24-14-21(10-11-22(24)16-27-29)25(30)26-15-19-8-12-23(13-9-19)28(2)3/h4-14,16H,15,17H2,1-3H3,(H,26,30). The summed E-state index contributed by atoms with van der Waals surface area (Å²) in [5.74, 6) is -0.0864. The van der Waals surface area contributed by atoms with E-state index in [2.05, 4.69) is 58.6 Å². The summed E-state index contributed by atoms with van der Waals surface area (Å²) in [6.07, 6.45) is 1.84. The third-order valence-electron chi connectivity index (χ3n) is 5.27. The number of anilines is 1. The zero-order valence-corrected chi connectivity index (χ0v) is 17.6. The fraction of sp³-hybridized carbons (Fsp3) is 0.200. The smallest absolute Gasteiger partial charge is 0.251 e. The van der Waals surface area contributed by atoms with Crippen LogP contribution in [0.4, 0.5) is 5.69 Å². The van der Waals surface area contributed by atoms with Crippen molar-refractivity contribution in [3.8, 4) is 0 Å². The number of hydrogen-bond donors (Lipinski definition) is 1. The summed E-state index contributed by atoms with van der Waals surface area (Å²) in [7, 11) is 4.02. The van der Waals surface area contributed by atoms with Gasteiger partial charge in [0.25, 0.3) is 5.91 Å². The molecule has 0 saturated heterocycles. The maximum absolute atomic E-state index is 12.7. The molecule has 1 heterocycles. The van der Waals surface area contributed by atoms with Gasteiger partial charge in [0.2, 0.25) is 0 Å². The fourth-order valence-electron chi connectivity index (χ4n) is 3.40. The molecule has 30 heavy (non-hydrogen) atoms. The molecular formula is C25H26N4O. The lowest BCUT2D eigenvalue weighted by Crippen LogP contribution is -2.22. The number of aryl methyl sites for hydroxylation is 1. The molecule has 0 saturated carbocycles. The van der Waals surface area contributed by atoms with Crippen molar-refractivity contribution >= 4 is 22.5 Å². The van der Waals surface area contributed by atoms with E-state index >= 15 is 0 Å². The van der Waals surface area contributed by atoms with E-state index in [0.717, 1.165) is 22.2 Å². The Labute approximate surface area is 176 Å². The minimum atomic E-state index is -0.0864. The summed E-state index contributed by atoms with van der Waals surface area (Å²) in [5.41, 5.74) is 6.22. The first-order valence-electron chi connectivity index (χ1n) is 10.1. The Balaban J connectivity index is 1.48. The average Bonchev–Trinajstić information content (AvgIpc) is 3.16. The highest BCUT2D eigenvalue weighted by Gasteiger charge is 2.10. The largest absolute Gasteiger partial charge is 0.378 e. The third-order valence-corrected chi connectivity index (χ3v) is 5.27. The third kappa shape index (κ3) is 4.35. The van der Waals surface area contributed by atoms with Crippen LogP contribution in [0, 0.1) is 6.92 Å². The molecule has 1 N–H and O–H groups in total. The normalized spacial score (nSPS) is 10.9. The molecule has 3 aromatic carbocycles. The second-order valence-electron chi connectivity index (χ2n) is 7.80. The van der Waals surface area contributed by atoms with Crippen molar-refractivity contribution in [3.63, 3.8) is 0 Å². The van der Waals surface area contributed by atoms with Gasteiger partial charge in [0.1, 0.15) is 0 Å². The number of carbonyl (C=O) groups excluding carboxylic acids is 1. The summed E-state index contributed by atoms with van der Waals surface area (Å²) in [6.45, 7) is 3.24. The van der Waals surface area contributed by atoms with Gasteiger partial charge in [-0.3, -0.25) is 9.48 Å². The molecule has 0 unspecified atom stereocenters. The van der Waals surface area contributed by atoms with Crippen LogP contribution in [0.15, 0.2) is 72.9 Å². The molecule has 0 aliphatic rings. The number of carbonyl (C=O) groups is 1. The van der Waals surface area contributed by atoms with Crippen molar-refractivity contribution in [1.82, 2.24) is 15.1 Å². The second kappa shape index (κ2) is 8.41. The van der Waals surface area contributed by atoms with E-state index in [-0.39, 0.29) is 5.91 Å². The Bertz CT molecular complexity index is 1160. The highest BCUT2D eigenvalue weighted by atomic mass is 16.1. The van der Waals surface area contributed by atoms with Crippen molar-refractivity contribution in [2.45, 2.75) is 20.0 Å². The van der Waals surface area contributed by atoms with Gasteiger partial charge in [0.05, 0.1) is 18.3 Å². The predicted molar refractivity (Wildman–Crippen MR) is 122 cm³/mol. The van der Waals surface area contributed by atoms with Gasteiger partial charge in [-0.25, -0.2) is 0 Å². The molecule has 5 heteroatoms. The molecule has 4 rings (SSSR count). The van der Waals surface area contributed by atoms with Gasteiger partial charge in [-0.2, -0.15) is 5.10 Å². The van der Waals surface area contributed by atoms with Crippen LogP contribution in [0.5, 0.6) is 0 Å². The van der Waals surface area contributed by atoms with E-state index in [9.17, 15) is 4.79 Å². The van der Waals surface area contributed by atoms with Crippen molar-refractivity contribution in [2.24, 2.45) is 0 Å². The molecule has 0 aliphatic heterocycles. The molecule has 1 aromatic heterocycles. The van der Waals surface area contributed by atoms with E-state index in [1.807, 2.05) is 55.3 Å². The van der Waals surface area contributed by atoms with E-state index in [0.29, 0.717) is 18.7 Å². The first kappa shape index (κ1) is 19.7. The van der Waals surface area contributed by atoms with Crippen molar-refractivity contribution < 1.29 is 4.79 Å². The van der Waals surface area contributed by atoms with Gasteiger partial charge in [-0.05, 0) is 42.3 Å². The van der Waals surface area contributed by atoms with Gasteiger partial charge in [0, 0.05) is 37.3 Å². The van der Waals surface area contributed by atoms with Gasteiger partial charge in [0.15, 0.2) is 0 Å². The van der Waals surface area contributed by atoms with Gasteiger partial charge < -0.3 is 10.2 Å². The number of aromatic nitrogens is 2. The van der Waals surface area contributed by atoms with Gasteiger partial charge >= 0.3 is 0 Å². The monoisotopic (exact) mass is 398 g/mol. The number of rotatable bonds is 6. The lowest BCUT2D eigenvalue weighted by atomic mass is 10.1. The fourth-order valence-corrected chi connectivity index (χ4v) is 3.40. The first-order valence-corrected chi connectivity index (χ1v) is 10.1. The number of hydrogen-bond acceptors (Lipinski definition) is 3. The average molecular weight is 399 g/mol. The molecule has 0 aliphatic carbocycles. The number of amides is 1. The van der Waals surface area contributed by atoms with E-state index in [4.69, 9.17) is 0 Å². The maximum atomic E-state index is 12.7. The Morgan fingerprint density at radius 3 is 2.37 bits per heavy atom. The van der Waals surface area contributed by atoms with Crippen molar-refractivity contribution in [1.29, 1.82) is 0 Å². The molecule has 1 amide bonds. The quantitative estimate of drug-likeness (QED) is 0.524. The zero-order chi connectivity index (χ0) is 21.1. The Kier molecular flexibility index (Phi) is 5.53. The summed E-state index contributed by atoms with van der Waals surface area (Å²) in [5, 5.41) is 8.55. The lowest BCUT2D eigenvalue weighted by molar-refractivity contribution is 0.0951. The van der Waals surface area contributed by atoms with Crippen LogP contribution in [-0.4, -0.2) is 29.8 Å². The second-order valence-corrected chi connectivity index (χ2v) is 7.80. The minimum Gasteiger partial charge on any atom is -0.378 e. The number of fused-ring (bicyclic) bond motifs is 1. The summed E-state index contributed by atoms with van der Waals surface area (Å²) in [4.78, 5) is 14.8. The van der Waals surface area contributed by atoms with Crippen LogP contribution in [0.2, 0.25) is 0 Å². The number of nitrogens with zero attached hydrogens (tertiary/aromatic N) is 3. The van der Waals surface area contributed by atoms with Crippen molar-refractivity contribution in [3.05, 3.63) is 95.2 Å². The van der Waals surface area contributed by atoms with Crippen molar-refractivity contribution in [2.75, 3.05) is 19.0 Å². The molecule has 0 radical (unpaired) electrons. The predicted octanol–water partition coefficient (Wildman–Crippen LogP) is 4.39. The minimum absolute atomic E-state index is 0.0864. The highest BCUT2D eigenvalue weighted by molar-refractivity contribution is 5.97. The molecule has 152 valence electrons. The molecule has 0 atom stereocenters. The number of nitrogens with one attached hydrogen (secondary N) is 1. The highest BCUT2D eigenvalue weighted by Crippen LogP contribution is 2.18. The first-order chi connectivity index (χ1) is 14.5. The maximum Gasteiger partial charge on any atom is 0.251 e. The zero-order valence-electron chi connectivity index (χ0n) is 17.6. The van der Waals surface area contributed by atoms with Crippen LogP contribution in [0.25, 0.3) is 10.9 Å². The Morgan fingerprint density at radius 1 is 0.967 bits per heavy atom. The Hall–Kier alpha value is -3.60. The molecule has 0 spiro atoms. The Morgan fingerprint density at radius 2 is 1.67 bits per heavy atom. The van der Waals surface area contributed by atoms with Crippen LogP contribution in [0.1, 0.15) is 27.0 Å². The summed E-state index contributed by atoms with van der Waals surface area (Å²) < 4.78 is 1.94. The topological polar surface area (TPSA) is 50.2 Å². The van der Waals surface area contributed by atoms with E-state index < -0.39 is 0 Å². The molecule has 5 nitrogen and oxygen atoms in total. The number of benzene rings is 3. The van der Waals surface area contributed by atoms with E-state index in [1.165, 1.54) is 11.1 Å². The van der Waals surface area contributed by atoms with Crippen LogP contribution in [0.3, 0.4) is 0 Å². The van der Waals surface area contributed by atoms with Crippen LogP contribution in [-0.2, 0) is 13.1 Å². The molecular weight excluding hydrogens is 372 g/mol.